The lowest BCUT2D eigenvalue weighted by atomic mass is 10.3. The van der Waals surface area contributed by atoms with Gasteiger partial charge in [-0.3, -0.25) is 0 Å². The zero-order valence-corrected chi connectivity index (χ0v) is 17.5. The van der Waals surface area contributed by atoms with E-state index >= 15 is 0 Å². The molecule has 144 valence electrons. The van der Waals surface area contributed by atoms with Crippen molar-refractivity contribution in [3.05, 3.63) is 78.5 Å². The number of rotatable bonds is 9. The Balaban J connectivity index is 1.57. The van der Waals surface area contributed by atoms with Gasteiger partial charge in [-0.25, -0.2) is 4.98 Å². The number of nitrogens with zero attached hydrogens (tertiary/aromatic N) is 1. The number of para-hydroxylation sites is 1. The van der Waals surface area contributed by atoms with Gasteiger partial charge in [0.05, 0.1) is 24.1 Å². The molecule has 0 atom stereocenters. The smallest absolute Gasteiger partial charge is 0.219 e. The van der Waals surface area contributed by atoms with Crippen LogP contribution in [0.5, 0.6) is 17.4 Å². The first-order chi connectivity index (χ1) is 13.5. The van der Waals surface area contributed by atoms with Crippen molar-refractivity contribution in [3.63, 3.8) is 0 Å². The fourth-order valence-corrected chi connectivity index (χ4v) is 3.82. The van der Waals surface area contributed by atoms with Crippen LogP contribution in [0.25, 0.3) is 0 Å². The van der Waals surface area contributed by atoms with Crippen molar-refractivity contribution < 1.29 is 14.2 Å². The normalized spacial score (nSPS) is 11.2. The maximum absolute atomic E-state index is 6.17. The standard InChI is InChI=1S/C23H25NO3Si/c1-4-25-19-13-15-21(16-14-19)28-23(2,3)26-17-18-9-8-12-22(24-18)27-20-10-6-5-7-11-20/h5-16H,4,17H2,1-3H3. The summed E-state index contributed by atoms with van der Waals surface area (Å²) in [5, 5.41) is 0.952. The third-order valence-electron chi connectivity index (χ3n) is 3.94. The molecule has 2 aromatic carbocycles. The predicted molar refractivity (Wildman–Crippen MR) is 113 cm³/mol. The highest BCUT2D eigenvalue weighted by Crippen LogP contribution is 2.20. The number of benzene rings is 2. The molecule has 28 heavy (non-hydrogen) atoms. The molecule has 0 bridgehead atoms. The molecular formula is C23H25NO3Si. The van der Waals surface area contributed by atoms with Gasteiger partial charge in [0.2, 0.25) is 5.88 Å². The van der Waals surface area contributed by atoms with Crippen LogP contribution in [0.1, 0.15) is 26.5 Å². The Morgan fingerprint density at radius 1 is 0.857 bits per heavy atom. The summed E-state index contributed by atoms with van der Waals surface area (Å²) in [4.78, 5) is 4.55. The summed E-state index contributed by atoms with van der Waals surface area (Å²) in [7, 11) is 0.520. The van der Waals surface area contributed by atoms with Crippen LogP contribution in [-0.2, 0) is 11.3 Å². The van der Waals surface area contributed by atoms with E-state index in [4.69, 9.17) is 14.2 Å². The van der Waals surface area contributed by atoms with Gasteiger partial charge in [0.25, 0.3) is 0 Å². The highest BCUT2D eigenvalue weighted by Gasteiger charge is 2.21. The lowest BCUT2D eigenvalue weighted by Gasteiger charge is -2.24. The van der Waals surface area contributed by atoms with Gasteiger partial charge in [-0.15, -0.1) is 0 Å². The third-order valence-corrected chi connectivity index (χ3v) is 5.31. The Morgan fingerprint density at radius 2 is 1.61 bits per heavy atom. The van der Waals surface area contributed by atoms with Crippen LogP contribution >= 0.6 is 0 Å². The molecule has 5 heteroatoms. The van der Waals surface area contributed by atoms with E-state index in [1.807, 2.05) is 67.6 Å². The zero-order chi connectivity index (χ0) is 19.8. The molecule has 0 amide bonds. The fourth-order valence-electron chi connectivity index (χ4n) is 2.64. The van der Waals surface area contributed by atoms with Crippen molar-refractivity contribution in [1.82, 2.24) is 4.98 Å². The number of hydrogen-bond donors (Lipinski definition) is 0. The van der Waals surface area contributed by atoms with E-state index in [2.05, 4.69) is 31.0 Å². The van der Waals surface area contributed by atoms with Gasteiger partial charge in [-0.1, -0.05) is 41.6 Å². The number of hydrogen-bond acceptors (Lipinski definition) is 4. The lowest BCUT2D eigenvalue weighted by molar-refractivity contribution is 0.0290. The molecule has 0 fully saturated rings. The molecule has 1 heterocycles. The SMILES string of the molecule is CCOc1ccc([Si]C(C)(C)OCc2cccc(Oc3ccccc3)n2)cc1. The van der Waals surface area contributed by atoms with Crippen LogP contribution in [0.4, 0.5) is 0 Å². The van der Waals surface area contributed by atoms with Crippen LogP contribution < -0.4 is 14.7 Å². The summed E-state index contributed by atoms with van der Waals surface area (Å²) in [5.41, 5.74) is 0.845. The number of pyridine rings is 1. The predicted octanol–water partition coefficient (Wildman–Crippen LogP) is 4.56. The molecule has 0 saturated carbocycles. The summed E-state index contributed by atoms with van der Waals surface area (Å²) in [6, 6.07) is 23.6. The fraction of sp³-hybridized carbons (Fsp3) is 0.261. The van der Waals surface area contributed by atoms with E-state index in [1.165, 1.54) is 5.19 Å². The van der Waals surface area contributed by atoms with Gasteiger partial charge in [0.1, 0.15) is 21.0 Å². The Bertz CT molecular complexity index is 867. The molecule has 3 rings (SSSR count). The second-order valence-corrected chi connectivity index (χ2v) is 8.80. The first kappa shape index (κ1) is 20.1. The molecule has 0 saturated heterocycles. The Kier molecular flexibility index (Phi) is 6.84. The minimum atomic E-state index is -0.287. The van der Waals surface area contributed by atoms with Crippen molar-refractivity contribution in [2.75, 3.05) is 6.61 Å². The molecule has 3 aromatic rings. The molecular weight excluding hydrogens is 366 g/mol. The highest BCUT2D eigenvalue weighted by molar-refractivity contribution is 6.56. The Hall–Kier alpha value is -2.63. The van der Waals surface area contributed by atoms with E-state index < -0.39 is 0 Å². The van der Waals surface area contributed by atoms with Crippen LogP contribution in [-0.4, -0.2) is 26.3 Å². The lowest BCUT2D eigenvalue weighted by Crippen LogP contribution is -2.39. The van der Waals surface area contributed by atoms with Gasteiger partial charge < -0.3 is 14.2 Å². The van der Waals surface area contributed by atoms with Crippen LogP contribution in [0.3, 0.4) is 0 Å². The second-order valence-electron chi connectivity index (χ2n) is 6.76. The number of ether oxygens (including phenoxy) is 3. The zero-order valence-electron chi connectivity index (χ0n) is 16.5. The molecule has 2 radical (unpaired) electrons. The summed E-state index contributed by atoms with van der Waals surface area (Å²) in [6.07, 6.45) is 0. The summed E-state index contributed by atoms with van der Waals surface area (Å²) >= 11 is 0. The minimum Gasteiger partial charge on any atom is -0.494 e. The van der Waals surface area contributed by atoms with Gasteiger partial charge >= 0.3 is 0 Å². The maximum Gasteiger partial charge on any atom is 0.219 e. The topological polar surface area (TPSA) is 40.6 Å². The molecule has 0 N–H and O–H groups in total. The quantitative estimate of drug-likeness (QED) is 0.502. The minimum absolute atomic E-state index is 0.287. The van der Waals surface area contributed by atoms with Gasteiger partial charge in [-0.05, 0) is 51.1 Å². The van der Waals surface area contributed by atoms with E-state index in [0.717, 1.165) is 17.2 Å². The maximum atomic E-state index is 6.17. The van der Waals surface area contributed by atoms with Crippen molar-refractivity contribution in [3.8, 4) is 17.4 Å². The summed E-state index contributed by atoms with van der Waals surface area (Å²) in [6.45, 7) is 7.30. The largest absolute Gasteiger partial charge is 0.494 e. The van der Waals surface area contributed by atoms with Crippen molar-refractivity contribution in [2.24, 2.45) is 0 Å². The average Bonchev–Trinajstić information content (AvgIpc) is 2.69. The molecule has 1 aromatic heterocycles. The summed E-state index contributed by atoms with van der Waals surface area (Å²) in [5.74, 6) is 2.23. The molecule has 0 aliphatic carbocycles. The molecule has 0 spiro atoms. The molecule has 4 nitrogen and oxygen atoms in total. The average molecular weight is 392 g/mol. The van der Waals surface area contributed by atoms with Crippen molar-refractivity contribution in [1.29, 1.82) is 0 Å². The van der Waals surface area contributed by atoms with Crippen LogP contribution in [0.15, 0.2) is 72.8 Å². The monoisotopic (exact) mass is 391 g/mol. The molecule has 0 unspecified atom stereocenters. The summed E-state index contributed by atoms with van der Waals surface area (Å²) < 4.78 is 17.5. The Labute approximate surface area is 169 Å². The number of aromatic nitrogens is 1. The molecule has 0 aliphatic rings. The Morgan fingerprint density at radius 3 is 2.32 bits per heavy atom. The van der Waals surface area contributed by atoms with Crippen LogP contribution in [0, 0.1) is 0 Å². The third kappa shape index (κ3) is 6.22. The first-order valence-electron chi connectivity index (χ1n) is 9.38. The first-order valence-corrected chi connectivity index (χ1v) is 10.4. The highest BCUT2D eigenvalue weighted by atomic mass is 28.2. The van der Waals surface area contributed by atoms with Crippen LogP contribution in [0.2, 0.25) is 0 Å². The van der Waals surface area contributed by atoms with Gasteiger partial charge in [-0.2, -0.15) is 0 Å². The van der Waals surface area contributed by atoms with Crippen molar-refractivity contribution in [2.45, 2.75) is 32.6 Å². The second kappa shape index (κ2) is 9.53. The van der Waals surface area contributed by atoms with Gasteiger partial charge in [0, 0.05) is 6.07 Å². The van der Waals surface area contributed by atoms with E-state index in [9.17, 15) is 0 Å². The van der Waals surface area contributed by atoms with Gasteiger partial charge in [0.15, 0.2) is 0 Å². The molecule has 0 aliphatic heterocycles. The van der Waals surface area contributed by atoms with E-state index in [-0.39, 0.29) is 5.22 Å². The van der Waals surface area contributed by atoms with E-state index in [0.29, 0.717) is 28.6 Å². The van der Waals surface area contributed by atoms with Crippen molar-refractivity contribution >= 4 is 14.7 Å². The van der Waals surface area contributed by atoms with E-state index in [1.54, 1.807) is 0 Å².